The molecule has 3 nitrogen and oxygen atoms in total. The molecule has 0 spiro atoms. The van der Waals surface area contributed by atoms with E-state index in [4.69, 9.17) is 5.11 Å². The number of aliphatic hydroxyl groups is 1. The summed E-state index contributed by atoms with van der Waals surface area (Å²) in [6.45, 7) is 1.82. The quantitative estimate of drug-likeness (QED) is 0.705. The van der Waals surface area contributed by atoms with Gasteiger partial charge in [0.05, 0.1) is 11.5 Å². The summed E-state index contributed by atoms with van der Waals surface area (Å²) < 4.78 is 0. The van der Waals surface area contributed by atoms with Crippen molar-refractivity contribution in [1.29, 1.82) is 0 Å². The van der Waals surface area contributed by atoms with Crippen LogP contribution in [0.1, 0.15) is 45.4 Å². The molecule has 0 amide bonds. The molecule has 1 saturated carbocycles. The van der Waals surface area contributed by atoms with Gasteiger partial charge in [0.2, 0.25) is 0 Å². The average molecular weight is 228 g/mol. The van der Waals surface area contributed by atoms with Gasteiger partial charge in [-0.15, -0.1) is 0 Å². The molecule has 14 heavy (non-hydrogen) atoms. The topological polar surface area (TPSA) is 57.5 Å². The van der Waals surface area contributed by atoms with Gasteiger partial charge in [-0.3, -0.25) is 4.79 Å². The van der Waals surface area contributed by atoms with Gasteiger partial charge in [-0.25, -0.2) is 0 Å². The number of aliphatic carboxylic acids is 1. The van der Waals surface area contributed by atoms with Gasteiger partial charge < -0.3 is 10.2 Å². The fraction of sp³-hybridized carbons (Fsp3) is 0.900. The second-order valence-corrected chi connectivity index (χ2v) is 3.96. The Morgan fingerprint density at radius 1 is 1.36 bits per heavy atom. The minimum atomic E-state index is -0.932. The first-order valence-electron chi connectivity index (χ1n) is 5.05. The van der Waals surface area contributed by atoms with Crippen molar-refractivity contribution < 1.29 is 15.0 Å². The third-order valence-corrected chi connectivity index (χ3v) is 3.07. The zero-order chi connectivity index (χ0) is 9.90. The first-order chi connectivity index (χ1) is 6.10. The van der Waals surface area contributed by atoms with Gasteiger partial charge in [-0.2, -0.15) is 0 Å². The maximum absolute atomic E-state index is 10.9. The van der Waals surface area contributed by atoms with E-state index in [-0.39, 0.29) is 37.7 Å². The second-order valence-electron chi connectivity index (χ2n) is 3.96. The molecule has 0 radical (unpaired) electrons. The summed E-state index contributed by atoms with van der Waals surface area (Å²) in [7, 11) is 0. The van der Waals surface area contributed by atoms with Gasteiger partial charge in [0.1, 0.15) is 0 Å². The Morgan fingerprint density at radius 3 is 2.21 bits per heavy atom. The van der Waals surface area contributed by atoms with Gasteiger partial charge in [-0.1, -0.05) is 26.2 Å². The SMILES string of the molecule is CCC(C(=O)O)C1(O)CCCCC1.[CaH2]. The molecule has 0 aromatic rings. The molecule has 80 valence electrons. The van der Waals surface area contributed by atoms with E-state index < -0.39 is 17.5 Å². The number of carboxylic acids is 1. The molecule has 1 atom stereocenters. The Hall–Kier alpha value is 0.690. The molecule has 1 fully saturated rings. The molecule has 1 aliphatic carbocycles. The van der Waals surface area contributed by atoms with E-state index in [1.54, 1.807) is 0 Å². The van der Waals surface area contributed by atoms with Crippen LogP contribution in [0, 0.1) is 5.92 Å². The van der Waals surface area contributed by atoms with E-state index in [2.05, 4.69) is 0 Å². The fourth-order valence-corrected chi connectivity index (χ4v) is 2.30. The van der Waals surface area contributed by atoms with Crippen molar-refractivity contribution >= 4 is 43.7 Å². The van der Waals surface area contributed by atoms with Crippen LogP contribution in [0.5, 0.6) is 0 Å². The van der Waals surface area contributed by atoms with Crippen molar-refractivity contribution in [3.63, 3.8) is 0 Å². The summed E-state index contributed by atoms with van der Waals surface area (Å²) in [5.41, 5.74) is -0.932. The van der Waals surface area contributed by atoms with Crippen molar-refractivity contribution in [2.45, 2.75) is 51.0 Å². The van der Waals surface area contributed by atoms with Gasteiger partial charge in [0.15, 0.2) is 0 Å². The molecule has 0 bridgehead atoms. The predicted octanol–water partition coefficient (Wildman–Crippen LogP) is 0.876. The fourth-order valence-electron chi connectivity index (χ4n) is 2.30. The first-order valence-corrected chi connectivity index (χ1v) is 5.05. The normalized spacial score (nSPS) is 22.1. The van der Waals surface area contributed by atoms with E-state index in [0.717, 1.165) is 19.3 Å². The molecule has 0 aromatic carbocycles. The van der Waals surface area contributed by atoms with Crippen LogP contribution in [0.4, 0.5) is 0 Å². The standard InChI is InChI=1S/C10H18O3.Ca.2H/c1-2-8(9(11)12)10(13)6-4-3-5-7-10;;;/h8,13H,2-7H2,1H3,(H,11,12);;;. The van der Waals surface area contributed by atoms with E-state index in [0.29, 0.717) is 19.3 Å². The molecule has 1 unspecified atom stereocenters. The maximum atomic E-state index is 10.9. The zero-order valence-corrected chi connectivity index (χ0v) is 8.12. The summed E-state index contributed by atoms with van der Waals surface area (Å²) >= 11 is 0. The van der Waals surface area contributed by atoms with E-state index in [1.165, 1.54) is 0 Å². The predicted molar refractivity (Wildman–Crippen MR) is 58.0 cm³/mol. The Kier molecular flexibility index (Phi) is 6.62. The number of rotatable bonds is 3. The molecular weight excluding hydrogens is 208 g/mol. The van der Waals surface area contributed by atoms with Crippen LogP contribution in [0.15, 0.2) is 0 Å². The summed E-state index contributed by atoms with van der Waals surface area (Å²) in [4.78, 5) is 10.9. The number of carbonyl (C=O) groups is 1. The summed E-state index contributed by atoms with van der Waals surface area (Å²) in [6, 6.07) is 0. The molecular formula is C10H20CaO3. The van der Waals surface area contributed by atoms with Crippen molar-refractivity contribution in [2.75, 3.05) is 0 Å². The van der Waals surface area contributed by atoms with Crippen molar-refractivity contribution in [1.82, 2.24) is 0 Å². The molecule has 0 aliphatic heterocycles. The van der Waals surface area contributed by atoms with Crippen LogP contribution in [0.2, 0.25) is 0 Å². The van der Waals surface area contributed by atoms with Crippen LogP contribution in [0.3, 0.4) is 0 Å². The molecule has 2 N–H and O–H groups in total. The summed E-state index contributed by atoms with van der Waals surface area (Å²) in [5.74, 6) is -1.43. The molecule has 0 saturated heterocycles. The van der Waals surface area contributed by atoms with Gasteiger partial charge in [-0.05, 0) is 19.3 Å². The molecule has 0 heterocycles. The second kappa shape index (κ2) is 6.31. The monoisotopic (exact) mass is 228 g/mol. The van der Waals surface area contributed by atoms with Gasteiger partial charge in [0, 0.05) is 0 Å². The van der Waals surface area contributed by atoms with E-state index in [9.17, 15) is 9.90 Å². The third-order valence-electron chi connectivity index (χ3n) is 3.07. The average Bonchev–Trinajstić information content (AvgIpc) is 2.05. The zero-order valence-electron chi connectivity index (χ0n) is 8.12. The van der Waals surface area contributed by atoms with Crippen molar-refractivity contribution in [3.8, 4) is 0 Å². The minimum absolute atomic E-state index is 0. The van der Waals surface area contributed by atoms with Crippen LogP contribution < -0.4 is 0 Å². The van der Waals surface area contributed by atoms with E-state index >= 15 is 0 Å². The van der Waals surface area contributed by atoms with Crippen LogP contribution >= 0.6 is 0 Å². The molecule has 0 aromatic heterocycles. The number of carboxylic acid groups (broad SMARTS) is 1. The molecule has 1 aliphatic rings. The van der Waals surface area contributed by atoms with Crippen LogP contribution in [-0.2, 0) is 4.79 Å². The van der Waals surface area contributed by atoms with Gasteiger partial charge >= 0.3 is 43.7 Å². The molecule has 4 heteroatoms. The third kappa shape index (κ3) is 3.37. The van der Waals surface area contributed by atoms with Crippen LogP contribution in [0.25, 0.3) is 0 Å². The van der Waals surface area contributed by atoms with Crippen molar-refractivity contribution in [3.05, 3.63) is 0 Å². The Morgan fingerprint density at radius 2 is 1.86 bits per heavy atom. The number of hydrogen-bond donors (Lipinski definition) is 2. The number of hydrogen-bond acceptors (Lipinski definition) is 2. The Labute approximate surface area is 115 Å². The summed E-state index contributed by atoms with van der Waals surface area (Å²) in [6.07, 6.45) is 4.86. The molecule has 1 rings (SSSR count). The van der Waals surface area contributed by atoms with Gasteiger partial charge in [0.25, 0.3) is 0 Å². The van der Waals surface area contributed by atoms with E-state index in [1.807, 2.05) is 6.92 Å². The van der Waals surface area contributed by atoms with Crippen molar-refractivity contribution in [2.24, 2.45) is 5.92 Å². The Bertz CT molecular complexity index is 188. The summed E-state index contributed by atoms with van der Waals surface area (Å²) in [5, 5.41) is 19.1. The van der Waals surface area contributed by atoms with Crippen LogP contribution in [-0.4, -0.2) is 59.5 Å². The first kappa shape index (κ1) is 14.7. The Balaban J connectivity index is 0.00000169.